The number of aromatic nitrogens is 2. The zero-order valence-corrected chi connectivity index (χ0v) is 25.0. The fourth-order valence-electron chi connectivity index (χ4n) is 5.60. The van der Waals surface area contributed by atoms with Gasteiger partial charge in [-0.05, 0) is 60.7 Å². The lowest BCUT2D eigenvalue weighted by Gasteiger charge is -2.31. The van der Waals surface area contributed by atoms with Crippen LogP contribution in [-0.4, -0.2) is 47.9 Å². The molecule has 0 amide bonds. The Hall–Kier alpha value is -4.50. The van der Waals surface area contributed by atoms with Crippen molar-refractivity contribution in [2.75, 3.05) is 31.1 Å². The number of hydrogen-bond acceptors (Lipinski definition) is 4. The predicted octanol–water partition coefficient (Wildman–Crippen LogP) is 7.65. The first kappa shape index (κ1) is 30.9. The Balaban J connectivity index is 0.000000175. The predicted molar refractivity (Wildman–Crippen MR) is 175 cm³/mol. The molecule has 0 aliphatic carbocycles. The number of piperazine rings is 1. The molecule has 1 N–H and O–H groups in total. The Bertz CT molecular complexity index is 1930. The third-order valence-corrected chi connectivity index (χ3v) is 7.94. The number of nitrogens with zero attached hydrogens (tertiary/aromatic N) is 3. The fraction of sp³-hybridized carbons (Fsp3) is 0.118. The van der Waals surface area contributed by atoms with Crippen molar-refractivity contribution < 1.29 is 18.4 Å². The molecule has 224 valence electrons. The monoisotopic (exact) mass is 632 g/mol. The van der Waals surface area contributed by atoms with Gasteiger partial charge in [0, 0.05) is 48.3 Å². The number of carbonyl (C=O) groups excluding carboxylic acids is 2. The number of halogens is 4. The van der Waals surface area contributed by atoms with Crippen molar-refractivity contribution in [2.45, 2.75) is 0 Å². The molecular weight excluding hydrogens is 605 g/mol. The van der Waals surface area contributed by atoms with Gasteiger partial charge < -0.3 is 10.2 Å². The first-order valence-corrected chi connectivity index (χ1v) is 14.2. The highest BCUT2D eigenvalue weighted by Gasteiger charge is 2.24. The maximum atomic E-state index is 13.4. The van der Waals surface area contributed by atoms with Crippen molar-refractivity contribution in [2.24, 2.45) is 0 Å². The van der Waals surface area contributed by atoms with Crippen LogP contribution >= 0.6 is 24.0 Å². The topological polar surface area (TPSA) is 59.3 Å². The van der Waals surface area contributed by atoms with Crippen molar-refractivity contribution in [3.63, 3.8) is 0 Å². The van der Waals surface area contributed by atoms with Crippen LogP contribution in [-0.2, 0) is 0 Å². The largest absolute Gasteiger partial charge is 0.355 e. The average Bonchev–Trinajstić information content (AvgIpc) is 3.53. The van der Waals surface area contributed by atoms with Crippen LogP contribution in [0.2, 0.25) is 5.15 Å². The zero-order valence-electron chi connectivity index (χ0n) is 23.4. The molecule has 1 aliphatic heterocycles. The molecule has 2 aromatic heterocycles. The summed E-state index contributed by atoms with van der Waals surface area (Å²) in [6.45, 7) is 3.42. The van der Waals surface area contributed by atoms with E-state index < -0.39 is 0 Å². The van der Waals surface area contributed by atoms with Crippen LogP contribution in [0.25, 0.3) is 33.2 Å². The second-order valence-electron chi connectivity index (χ2n) is 10.1. The van der Waals surface area contributed by atoms with Crippen LogP contribution in [0.3, 0.4) is 0 Å². The van der Waals surface area contributed by atoms with Gasteiger partial charge in [0.2, 0.25) is 0 Å². The van der Waals surface area contributed by atoms with Gasteiger partial charge in [0.15, 0.2) is 12.6 Å². The fourth-order valence-corrected chi connectivity index (χ4v) is 5.93. The second-order valence-corrected chi connectivity index (χ2v) is 10.4. The highest BCUT2D eigenvalue weighted by molar-refractivity contribution is 6.34. The molecule has 1 saturated heterocycles. The number of benzene rings is 4. The summed E-state index contributed by atoms with van der Waals surface area (Å²) < 4.78 is 30.1. The number of fused-ring (bicyclic) bond motifs is 2. The Morgan fingerprint density at radius 2 is 1.09 bits per heavy atom. The van der Waals surface area contributed by atoms with Gasteiger partial charge in [-0.1, -0.05) is 48.0 Å². The summed E-state index contributed by atoms with van der Waals surface area (Å²) in [5, 5.41) is 5.38. The maximum absolute atomic E-state index is 13.4. The van der Waals surface area contributed by atoms with E-state index in [-0.39, 0.29) is 24.0 Å². The normalized spacial score (nSPS) is 12.8. The van der Waals surface area contributed by atoms with Crippen LogP contribution in [0.5, 0.6) is 0 Å². The molecule has 0 atom stereocenters. The molecule has 6 nitrogen and oxygen atoms in total. The zero-order chi connectivity index (χ0) is 29.9. The van der Waals surface area contributed by atoms with E-state index in [0.717, 1.165) is 77.7 Å². The second kappa shape index (κ2) is 13.4. The Kier molecular flexibility index (Phi) is 9.44. The molecule has 6 aromatic rings. The van der Waals surface area contributed by atoms with Gasteiger partial charge in [-0.3, -0.25) is 18.7 Å². The third kappa shape index (κ3) is 5.71. The highest BCUT2D eigenvalue weighted by atomic mass is 35.5. The van der Waals surface area contributed by atoms with Crippen LogP contribution < -0.4 is 10.2 Å². The minimum absolute atomic E-state index is 0. The molecule has 0 unspecified atom stereocenters. The smallest absolute Gasteiger partial charge is 0.154 e. The molecule has 0 saturated carbocycles. The van der Waals surface area contributed by atoms with Gasteiger partial charge >= 0.3 is 0 Å². The molecule has 1 aliphatic rings. The summed E-state index contributed by atoms with van der Waals surface area (Å²) >= 11 is 6.26. The SMILES string of the molecule is Cl.O=Cc1c(Cl)n(-c2ccc(F)cc2)c2ccccc12.O=Cc1c(N2CCNCC2)n(-c2ccc(F)cc2)c2ccccc12. The lowest BCUT2D eigenvalue weighted by molar-refractivity contribution is 0.111. The number of hydrogen-bond donors (Lipinski definition) is 1. The van der Waals surface area contributed by atoms with Crippen LogP contribution in [0.1, 0.15) is 20.7 Å². The van der Waals surface area contributed by atoms with E-state index in [0.29, 0.717) is 16.3 Å². The molecule has 0 bridgehead atoms. The molecule has 7 rings (SSSR count). The van der Waals surface area contributed by atoms with E-state index in [1.54, 1.807) is 28.8 Å². The van der Waals surface area contributed by atoms with E-state index in [9.17, 15) is 18.4 Å². The standard InChI is InChI=1S/C19H18FN3O.C15H9ClFNO.ClH/c20-14-5-7-15(8-6-14)23-18-4-2-1-3-16(18)17(13-24)19(23)22-11-9-21-10-12-22;16-15-13(9-19)12-3-1-2-4-14(12)18(15)11-7-5-10(17)6-8-11;/h1-8,13,21H,9-12H2;1-9H;1H. The third-order valence-electron chi connectivity index (χ3n) is 7.56. The Morgan fingerprint density at radius 1 is 0.636 bits per heavy atom. The van der Waals surface area contributed by atoms with Gasteiger partial charge in [0.25, 0.3) is 0 Å². The minimum Gasteiger partial charge on any atom is -0.355 e. The minimum atomic E-state index is -0.313. The highest BCUT2D eigenvalue weighted by Crippen LogP contribution is 2.35. The van der Waals surface area contributed by atoms with E-state index in [1.807, 2.05) is 48.5 Å². The molecule has 44 heavy (non-hydrogen) atoms. The van der Waals surface area contributed by atoms with Crippen molar-refractivity contribution in [1.82, 2.24) is 14.5 Å². The van der Waals surface area contributed by atoms with E-state index >= 15 is 0 Å². The summed E-state index contributed by atoms with van der Waals surface area (Å²) in [5.41, 5.74) is 4.49. The lowest BCUT2D eigenvalue weighted by Crippen LogP contribution is -2.44. The molecule has 0 radical (unpaired) electrons. The lowest BCUT2D eigenvalue weighted by atomic mass is 10.2. The molecule has 4 aromatic carbocycles. The summed E-state index contributed by atoms with van der Waals surface area (Å²) in [7, 11) is 0. The average molecular weight is 634 g/mol. The Labute approximate surface area is 263 Å². The van der Waals surface area contributed by atoms with E-state index in [4.69, 9.17) is 11.6 Å². The van der Waals surface area contributed by atoms with Crippen molar-refractivity contribution in [1.29, 1.82) is 0 Å². The van der Waals surface area contributed by atoms with Crippen molar-refractivity contribution >= 4 is 64.2 Å². The number of aldehydes is 2. The molecule has 10 heteroatoms. The molecule has 1 fully saturated rings. The number of carbonyl (C=O) groups is 2. The van der Waals surface area contributed by atoms with Gasteiger partial charge in [-0.15, -0.1) is 12.4 Å². The van der Waals surface area contributed by atoms with E-state index in [2.05, 4.69) is 14.8 Å². The Morgan fingerprint density at radius 3 is 1.61 bits per heavy atom. The summed E-state index contributed by atoms with van der Waals surface area (Å²) in [4.78, 5) is 25.3. The van der Waals surface area contributed by atoms with Crippen LogP contribution in [0.15, 0.2) is 97.1 Å². The summed E-state index contributed by atoms with van der Waals surface area (Å²) in [6.07, 6.45) is 1.67. The quantitative estimate of drug-likeness (QED) is 0.198. The number of anilines is 1. The van der Waals surface area contributed by atoms with Crippen molar-refractivity contribution in [3.8, 4) is 11.4 Å². The first-order chi connectivity index (χ1) is 21.0. The first-order valence-electron chi connectivity index (χ1n) is 13.8. The number of rotatable bonds is 5. The van der Waals surface area contributed by atoms with Gasteiger partial charge in [0.05, 0.1) is 22.2 Å². The summed E-state index contributed by atoms with van der Waals surface area (Å²) in [5.74, 6) is 0.306. The maximum Gasteiger partial charge on any atom is 0.154 e. The van der Waals surface area contributed by atoms with E-state index in [1.165, 1.54) is 24.3 Å². The van der Waals surface area contributed by atoms with Crippen LogP contribution in [0.4, 0.5) is 14.6 Å². The van der Waals surface area contributed by atoms with Gasteiger partial charge in [-0.25, -0.2) is 8.78 Å². The van der Waals surface area contributed by atoms with Crippen LogP contribution in [0, 0.1) is 11.6 Å². The molecular formula is C34H28Cl2F2N4O2. The number of nitrogens with one attached hydrogen (secondary N) is 1. The molecule has 3 heterocycles. The molecule has 0 spiro atoms. The summed E-state index contributed by atoms with van der Waals surface area (Å²) in [6, 6.07) is 27.7. The van der Waals surface area contributed by atoms with Crippen molar-refractivity contribution in [3.05, 3.63) is 125 Å². The van der Waals surface area contributed by atoms with Gasteiger partial charge in [-0.2, -0.15) is 0 Å². The number of para-hydroxylation sites is 2. The van der Waals surface area contributed by atoms with Gasteiger partial charge in [0.1, 0.15) is 22.6 Å².